The zero-order valence-corrected chi connectivity index (χ0v) is 10.6. The SMILES string of the molecule is COC(CNC(=O)c1cc(F)c(F)cc1[N+](=O)[O-])C(=O)O. The largest absolute Gasteiger partial charge is 0.479 e. The van der Waals surface area contributed by atoms with E-state index < -0.39 is 52.3 Å². The predicted octanol–water partition coefficient (Wildman–Crippen LogP) is 0.702. The zero-order valence-electron chi connectivity index (χ0n) is 10.6. The molecular formula is C11H10F2N2O6. The monoisotopic (exact) mass is 304 g/mol. The molecule has 0 saturated heterocycles. The van der Waals surface area contributed by atoms with E-state index >= 15 is 0 Å². The number of nitro groups is 1. The molecule has 10 heteroatoms. The third-order valence-corrected chi connectivity index (χ3v) is 2.49. The Kier molecular flexibility index (Phi) is 5.24. The molecule has 0 aliphatic heterocycles. The molecule has 8 nitrogen and oxygen atoms in total. The van der Waals surface area contributed by atoms with Gasteiger partial charge in [-0.2, -0.15) is 0 Å². The van der Waals surface area contributed by atoms with Crippen LogP contribution in [0.4, 0.5) is 14.5 Å². The van der Waals surface area contributed by atoms with Crippen molar-refractivity contribution < 1.29 is 33.1 Å². The smallest absolute Gasteiger partial charge is 0.334 e. The first-order valence-corrected chi connectivity index (χ1v) is 5.45. The Labute approximate surface area is 116 Å². The lowest BCUT2D eigenvalue weighted by Crippen LogP contribution is -2.38. The summed E-state index contributed by atoms with van der Waals surface area (Å²) in [6.07, 6.45) is -1.38. The first-order chi connectivity index (χ1) is 9.77. The van der Waals surface area contributed by atoms with Crippen LogP contribution < -0.4 is 5.32 Å². The first-order valence-electron chi connectivity index (χ1n) is 5.45. The number of methoxy groups -OCH3 is 1. The quantitative estimate of drug-likeness (QED) is 0.590. The highest BCUT2D eigenvalue weighted by Crippen LogP contribution is 2.22. The molecule has 0 fully saturated rings. The lowest BCUT2D eigenvalue weighted by Gasteiger charge is -2.11. The number of carboxylic acid groups (broad SMARTS) is 1. The standard InChI is InChI=1S/C11H10F2N2O6/c1-21-9(11(17)18)4-14-10(16)5-2-6(12)7(13)3-8(5)15(19)20/h2-3,9H,4H2,1H3,(H,14,16)(H,17,18). The van der Waals surface area contributed by atoms with Gasteiger partial charge < -0.3 is 15.2 Å². The van der Waals surface area contributed by atoms with Gasteiger partial charge in [-0.15, -0.1) is 0 Å². The Bertz CT molecular complexity index is 592. The van der Waals surface area contributed by atoms with E-state index in [1.807, 2.05) is 5.32 Å². The number of rotatable bonds is 6. The molecule has 0 bridgehead atoms. The summed E-state index contributed by atoms with van der Waals surface area (Å²) in [7, 11) is 1.09. The summed E-state index contributed by atoms with van der Waals surface area (Å²) in [6, 6.07) is 0.640. The molecule has 0 aliphatic carbocycles. The number of hydrogen-bond acceptors (Lipinski definition) is 5. The summed E-state index contributed by atoms with van der Waals surface area (Å²) in [5.74, 6) is -5.40. The van der Waals surface area contributed by atoms with Gasteiger partial charge in [-0.25, -0.2) is 13.6 Å². The molecule has 0 radical (unpaired) electrons. The number of halogens is 2. The van der Waals surface area contributed by atoms with Gasteiger partial charge in [0.1, 0.15) is 5.56 Å². The van der Waals surface area contributed by atoms with Crippen molar-refractivity contribution in [2.75, 3.05) is 13.7 Å². The van der Waals surface area contributed by atoms with Gasteiger partial charge in [-0.05, 0) is 6.07 Å². The van der Waals surface area contributed by atoms with Crippen LogP contribution in [0, 0.1) is 21.7 Å². The minimum absolute atomic E-state index is 0.273. The van der Waals surface area contributed by atoms with Crippen LogP contribution >= 0.6 is 0 Å². The number of aliphatic carboxylic acids is 1. The number of amides is 1. The maximum Gasteiger partial charge on any atom is 0.334 e. The van der Waals surface area contributed by atoms with Crippen LogP contribution in [0.2, 0.25) is 0 Å². The molecule has 2 N–H and O–H groups in total. The Morgan fingerprint density at radius 2 is 2.00 bits per heavy atom. The van der Waals surface area contributed by atoms with Gasteiger partial charge in [0.15, 0.2) is 17.7 Å². The molecule has 0 aliphatic rings. The Hall–Kier alpha value is -2.62. The van der Waals surface area contributed by atoms with E-state index in [4.69, 9.17) is 5.11 Å². The van der Waals surface area contributed by atoms with E-state index in [1.165, 1.54) is 0 Å². The van der Waals surface area contributed by atoms with E-state index in [0.29, 0.717) is 6.07 Å². The maximum atomic E-state index is 13.1. The molecule has 1 rings (SSSR count). The molecule has 1 unspecified atom stereocenters. The average Bonchev–Trinajstić information content (AvgIpc) is 2.41. The summed E-state index contributed by atoms with van der Waals surface area (Å²) < 4.78 is 30.6. The Morgan fingerprint density at radius 1 is 1.43 bits per heavy atom. The Balaban J connectivity index is 2.99. The van der Waals surface area contributed by atoms with E-state index in [2.05, 4.69) is 4.74 Å². The van der Waals surface area contributed by atoms with Crippen molar-refractivity contribution in [1.29, 1.82) is 0 Å². The number of nitro benzene ring substituents is 1. The fourth-order valence-corrected chi connectivity index (χ4v) is 1.42. The van der Waals surface area contributed by atoms with E-state index in [1.54, 1.807) is 0 Å². The van der Waals surface area contributed by atoms with E-state index in [9.17, 15) is 28.5 Å². The highest BCUT2D eigenvalue weighted by Gasteiger charge is 2.25. The number of nitrogens with one attached hydrogen (secondary N) is 1. The van der Waals surface area contributed by atoms with Gasteiger partial charge in [0.25, 0.3) is 11.6 Å². The number of ether oxygens (including phenoxy) is 1. The molecule has 1 aromatic rings. The zero-order chi connectivity index (χ0) is 16.2. The summed E-state index contributed by atoms with van der Waals surface area (Å²) >= 11 is 0. The number of hydrogen-bond donors (Lipinski definition) is 2. The molecule has 1 amide bonds. The molecular weight excluding hydrogens is 294 g/mol. The summed E-state index contributed by atoms with van der Waals surface area (Å²) in [5.41, 5.74) is -1.66. The van der Waals surface area contributed by atoms with Crippen LogP contribution in [0.3, 0.4) is 0 Å². The molecule has 0 heterocycles. The molecule has 114 valence electrons. The fourth-order valence-electron chi connectivity index (χ4n) is 1.42. The minimum Gasteiger partial charge on any atom is -0.479 e. The number of nitrogens with zero attached hydrogens (tertiary/aromatic N) is 1. The summed E-state index contributed by atoms with van der Waals surface area (Å²) in [5, 5.41) is 21.4. The van der Waals surface area contributed by atoms with Crippen LogP contribution in [0.25, 0.3) is 0 Å². The van der Waals surface area contributed by atoms with Gasteiger partial charge in [-0.1, -0.05) is 0 Å². The summed E-state index contributed by atoms with van der Waals surface area (Å²) in [4.78, 5) is 32.0. The second-order valence-corrected chi connectivity index (χ2v) is 3.81. The number of carbonyl (C=O) groups is 2. The van der Waals surface area contributed by atoms with Gasteiger partial charge in [0, 0.05) is 7.11 Å². The molecule has 0 aromatic heterocycles. The normalized spacial score (nSPS) is 11.8. The van der Waals surface area contributed by atoms with Crippen LogP contribution in [-0.2, 0) is 9.53 Å². The number of carboxylic acids is 1. The number of benzene rings is 1. The molecule has 0 spiro atoms. The molecule has 0 saturated carbocycles. The van der Waals surface area contributed by atoms with Crippen LogP contribution in [0.1, 0.15) is 10.4 Å². The van der Waals surface area contributed by atoms with Crippen LogP contribution in [0.5, 0.6) is 0 Å². The van der Waals surface area contributed by atoms with Crippen molar-refractivity contribution in [2.45, 2.75) is 6.10 Å². The molecule has 1 aromatic carbocycles. The molecule has 1 atom stereocenters. The second kappa shape index (κ2) is 6.70. The van der Waals surface area contributed by atoms with Gasteiger partial charge in [0.05, 0.1) is 17.5 Å². The van der Waals surface area contributed by atoms with Crippen molar-refractivity contribution in [1.82, 2.24) is 5.32 Å². The predicted molar refractivity (Wildman–Crippen MR) is 63.8 cm³/mol. The maximum absolute atomic E-state index is 13.1. The first kappa shape index (κ1) is 16.4. The van der Waals surface area contributed by atoms with E-state index in [-0.39, 0.29) is 6.07 Å². The molecule has 21 heavy (non-hydrogen) atoms. The second-order valence-electron chi connectivity index (χ2n) is 3.81. The van der Waals surface area contributed by atoms with Crippen LogP contribution in [-0.4, -0.2) is 41.7 Å². The third-order valence-electron chi connectivity index (χ3n) is 2.49. The lowest BCUT2D eigenvalue weighted by molar-refractivity contribution is -0.385. The average molecular weight is 304 g/mol. The summed E-state index contributed by atoms with van der Waals surface area (Å²) in [6.45, 7) is -0.499. The Morgan fingerprint density at radius 3 is 2.48 bits per heavy atom. The highest BCUT2D eigenvalue weighted by atomic mass is 19.2. The minimum atomic E-state index is -1.47. The fraction of sp³-hybridized carbons (Fsp3) is 0.273. The van der Waals surface area contributed by atoms with Gasteiger partial charge >= 0.3 is 5.97 Å². The number of carbonyl (C=O) groups excluding carboxylic acids is 1. The lowest BCUT2D eigenvalue weighted by atomic mass is 10.1. The van der Waals surface area contributed by atoms with Crippen LogP contribution in [0.15, 0.2) is 12.1 Å². The van der Waals surface area contributed by atoms with Gasteiger partial charge in [-0.3, -0.25) is 14.9 Å². The van der Waals surface area contributed by atoms with E-state index in [0.717, 1.165) is 7.11 Å². The van der Waals surface area contributed by atoms with Crippen molar-refractivity contribution in [3.8, 4) is 0 Å². The van der Waals surface area contributed by atoms with Crippen molar-refractivity contribution >= 4 is 17.6 Å². The van der Waals surface area contributed by atoms with Crippen molar-refractivity contribution in [2.24, 2.45) is 0 Å². The van der Waals surface area contributed by atoms with Crippen molar-refractivity contribution in [3.05, 3.63) is 39.4 Å². The highest BCUT2D eigenvalue weighted by molar-refractivity contribution is 5.98. The van der Waals surface area contributed by atoms with Crippen molar-refractivity contribution in [3.63, 3.8) is 0 Å². The third kappa shape index (κ3) is 3.92. The van der Waals surface area contributed by atoms with Gasteiger partial charge in [0.2, 0.25) is 0 Å². The topological polar surface area (TPSA) is 119 Å².